The summed E-state index contributed by atoms with van der Waals surface area (Å²) in [5, 5.41) is 0. The van der Waals surface area contributed by atoms with E-state index in [1.54, 1.807) is 0 Å². The number of alkyl halides is 1. The van der Waals surface area contributed by atoms with Gasteiger partial charge < -0.3 is 5.73 Å². The quantitative estimate of drug-likeness (QED) is 0.849. The van der Waals surface area contributed by atoms with Crippen molar-refractivity contribution in [2.75, 3.05) is 0 Å². The van der Waals surface area contributed by atoms with Crippen molar-refractivity contribution in [2.24, 2.45) is 5.73 Å². The Hall–Kier alpha value is -0.890. The summed E-state index contributed by atoms with van der Waals surface area (Å²) >= 11 is 0. The molecule has 17 heavy (non-hydrogen) atoms. The van der Waals surface area contributed by atoms with Crippen molar-refractivity contribution < 1.29 is 4.39 Å². The molecular weight excluding hydrogens is 213 g/mol. The molecule has 2 rings (SSSR count). The molecule has 1 aromatic carbocycles. The van der Waals surface area contributed by atoms with Gasteiger partial charge in [-0.05, 0) is 50.2 Å². The fourth-order valence-corrected chi connectivity index (χ4v) is 2.75. The second-order valence-electron chi connectivity index (χ2n) is 5.41. The zero-order valence-corrected chi connectivity index (χ0v) is 10.6. The average Bonchev–Trinajstić information content (AvgIpc) is 2.29. The number of hydrogen-bond donors (Lipinski definition) is 1. The molecule has 0 radical (unpaired) electrons. The van der Waals surface area contributed by atoms with E-state index in [4.69, 9.17) is 5.73 Å². The summed E-state index contributed by atoms with van der Waals surface area (Å²) in [6.07, 6.45) is 5.36. The molecule has 0 amide bonds. The molecule has 1 atom stereocenters. The van der Waals surface area contributed by atoms with Crippen LogP contribution in [0.2, 0.25) is 0 Å². The summed E-state index contributed by atoms with van der Waals surface area (Å²) in [7, 11) is 0. The van der Waals surface area contributed by atoms with E-state index >= 15 is 0 Å². The van der Waals surface area contributed by atoms with Gasteiger partial charge in [-0.15, -0.1) is 0 Å². The number of rotatable bonds is 3. The molecule has 2 heteroatoms. The number of nitrogens with two attached hydrogens (primary N) is 1. The molecule has 2 N–H and O–H groups in total. The Labute approximate surface area is 103 Å². The second kappa shape index (κ2) is 5.18. The highest BCUT2D eigenvalue weighted by atomic mass is 19.1. The SMILES string of the molecule is CC(N)Cc1cccc(C2(F)CCCCC2)c1. The van der Waals surface area contributed by atoms with Gasteiger partial charge in [-0.25, -0.2) is 4.39 Å². The zero-order chi connectivity index (χ0) is 12.3. The molecule has 0 aromatic heterocycles. The van der Waals surface area contributed by atoms with Crippen LogP contribution in [-0.4, -0.2) is 6.04 Å². The van der Waals surface area contributed by atoms with E-state index < -0.39 is 5.67 Å². The van der Waals surface area contributed by atoms with E-state index in [0.717, 1.165) is 30.4 Å². The van der Waals surface area contributed by atoms with Gasteiger partial charge in [0.05, 0.1) is 0 Å². The second-order valence-corrected chi connectivity index (χ2v) is 5.41. The number of hydrogen-bond acceptors (Lipinski definition) is 1. The lowest BCUT2D eigenvalue weighted by atomic mass is 9.80. The largest absolute Gasteiger partial charge is 0.328 e. The van der Waals surface area contributed by atoms with Crippen molar-refractivity contribution in [3.05, 3.63) is 35.4 Å². The standard InChI is InChI=1S/C15H22FN/c1-12(17)10-13-6-5-7-14(11-13)15(16)8-3-2-4-9-15/h5-7,11-12H,2-4,8-10,17H2,1H3. The van der Waals surface area contributed by atoms with Crippen molar-refractivity contribution in [1.82, 2.24) is 0 Å². The number of halogens is 1. The first-order valence-corrected chi connectivity index (χ1v) is 6.64. The summed E-state index contributed by atoms with van der Waals surface area (Å²) in [4.78, 5) is 0. The first-order valence-electron chi connectivity index (χ1n) is 6.64. The third-order valence-electron chi connectivity index (χ3n) is 3.65. The van der Waals surface area contributed by atoms with Crippen molar-refractivity contribution >= 4 is 0 Å². The van der Waals surface area contributed by atoms with E-state index in [1.165, 1.54) is 6.42 Å². The molecule has 0 saturated heterocycles. The van der Waals surface area contributed by atoms with Crippen LogP contribution in [-0.2, 0) is 12.1 Å². The predicted octanol–water partition coefficient (Wildman–Crippen LogP) is 3.71. The van der Waals surface area contributed by atoms with Gasteiger partial charge in [-0.3, -0.25) is 0 Å². The van der Waals surface area contributed by atoms with Crippen molar-refractivity contribution in [1.29, 1.82) is 0 Å². The summed E-state index contributed by atoms with van der Waals surface area (Å²) in [6, 6.07) is 8.07. The molecule has 1 aliphatic carbocycles. The minimum atomic E-state index is -1.09. The lowest BCUT2D eigenvalue weighted by Gasteiger charge is -2.30. The predicted molar refractivity (Wildman–Crippen MR) is 69.7 cm³/mol. The van der Waals surface area contributed by atoms with Crippen LogP contribution >= 0.6 is 0 Å². The maximum atomic E-state index is 14.8. The molecule has 94 valence electrons. The monoisotopic (exact) mass is 235 g/mol. The van der Waals surface area contributed by atoms with E-state index in [1.807, 2.05) is 31.2 Å². The van der Waals surface area contributed by atoms with Crippen LogP contribution in [0.25, 0.3) is 0 Å². The van der Waals surface area contributed by atoms with E-state index in [9.17, 15) is 4.39 Å². The Kier molecular flexibility index (Phi) is 3.82. The van der Waals surface area contributed by atoms with Crippen LogP contribution in [0.4, 0.5) is 4.39 Å². The lowest BCUT2D eigenvalue weighted by Crippen LogP contribution is -2.24. The van der Waals surface area contributed by atoms with Crippen molar-refractivity contribution in [3.8, 4) is 0 Å². The summed E-state index contributed by atoms with van der Waals surface area (Å²) in [5.41, 5.74) is 6.71. The normalized spacial score (nSPS) is 21.1. The molecule has 0 heterocycles. The van der Waals surface area contributed by atoms with Crippen LogP contribution in [0.1, 0.15) is 50.2 Å². The highest BCUT2D eigenvalue weighted by molar-refractivity contribution is 5.29. The minimum Gasteiger partial charge on any atom is -0.328 e. The lowest BCUT2D eigenvalue weighted by molar-refractivity contribution is 0.106. The van der Waals surface area contributed by atoms with E-state index in [-0.39, 0.29) is 6.04 Å². The van der Waals surface area contributed by atoms with Crippen LogP contribution in [0.3, 0.4) is 0 Å². The Morgan fingerprint density at radius 3 is 2.65 bits per heavy atom. The summed E-state index contributed by atoms with van der Waals surface area (Å²) in [5.74, 6) is 0. The van der Waals surface area contributed by atoms with Gasteiger partial charge in [0.1, 0.15) is 5.67 Å². The smallest absolute Gasteiger partial charge is 0.136 e. The van der Waals surface area contributed by atoms with Gasteiger partial charge in [-0.2, -0.15) is 0 Å². The van der Waals surface area contributed by atoms with Gasteiger partial charge in [-0.1, -0.05) is 30.7 Å². The molecule has 1 aliphatic rings. The first-order chi connectivity index (χ1) is 8.10. The van der Waals surface area contributed by atoms with Crippen LogP contribution in [0.5, 0.6) is 0 Å². The third kappa shape index (κ3) is 3.06. The molecular formula is C15H22FN. The van der Waals surface area contributed by atoms with Crippen LogP contribution in [0.15, 0.2) is 24.3 Å². The molecule has 0 bridgehead atoms. The average molecular weight is 235 g/mol. The van der Waals surface area contributed by atoms with Gasteiger partial charge >= 0.3 is 0 Å². The summed E-state index contributed by atoms with van der Waals surface area (Å²) < 4.78 is 14.8. The molecule has 0 spiro atoms. The Morgan fingerprint density at radius 1 is 1.29 bits per heavy atom. The number of benzene rings is 1. The Morgan fingerprint density at radius 2 is 2.00 bits per heavy atom. The summed E-state index contributed by atoms with van der Waals surface area (Å²) in [6.45, 7) is 1.98. The Balaban J connectivity index is 2.19. The van der Waals surface area contributed by atoms with Gasteiger partial charge in [0, 0.05) is 6.04 Å². The minimum absolute atomic E-state index is 0.132. The van der Waals surface area contributed by atoms with Gasteiger partial charge in [0.15, 0.2) is 0 Å². The first kappa shape index (κ1) is 12.6. The fraction of sp³-hybridized carbons (Fsp3) is 0.600. The van der Waals surface area contributed by atoms with E-state index in [0.29, 0.717) is 12.8 Å². The maximum Gasteiger partial charge on any atom is 0.136 e. The zero-order valence-electron chi connectivity index (χ0n) is 10.6. The third-order valence-corrected chi connectivity index (χ3v) is 3.65. The topological polar surface area (TPSA) is 26.0 Å². The molecule has 1 saturated carbocycles. The molecule has 1 fully saturated rings. The van der Waals surface area contributed by atoms with Crippen molar-refractivity contribution in [2.45, 2.75) is 57.2 Å². The Bertz CT molecular complexity index is 367. The highest BCUT2D eigenvalue weighted by Crippen LogP contribution is 2.40. The van der Waals surface area contributed by atoms with Crippen LogP contribution in [0, 0.1) is 0 Å². The molecule has 1 nitrogen and oxygen atoms in total. The molecule has 0 aliphatic heterocycles. The van der Waals surface area contributed by atoms with Gasteiger partial charge in [0.25, 0.3) is 0 Å². The van der Waals surface area contributed by atoms with Gasteiger partial charge in [0.2, 0.25) is 0 Å². The highest BCUT2D eigenvalue weighted by Gasteiger charge is 2.33. The molecule has 1 aromatic rings. The fourth-order valence-electron chi connectivity index (χ4n) is 2.75. The van der Waals surface area contributed by atoms with Crippen LogP contribution < -0.4 is 5.73 Å². The van der Waals surface area contributed by atoms with Crippen molar-refractivity contribution in [3.63, 3.8) is 0 Å². The molecule has 1 unspecified atom stereocenters. The maximum absolute atomic E-state index is 14.8. The van der Waals surface area contributed by atoms with E-state index in [2.05, 4.69) is 0 Å².